The van der Waals surface area contributed by atoms with E-state index in [1.165, 1.54) is 0 Å². The van der Waals surface area contributed by atoms with Crippen LogP contribution in [0.3, 0.4) is 0 Å². The quantitative estimate of drug-likeness (QED) is 0.0435. The fourth-order valence-electron chi connectivity index (χ4n) is 1.95. The van der Waals surface area contributed by atoms with Gasteiger partial charge in [0.2, 0.25) is 0 Å². The molecule has 0 atom stereocenters. The summed E-state index contributed by atoms with van der Waals surface area (Å²) < 4.78 is 8.93. The number of aliphatic hydroxyl groups is 1. The molecule has 0 aliphatic carbocycles. The van der Waals surface area contributed by atoms with E-state index in [4.69, 9.17) is 9.47 Å². The van der Waals surface area contributed by atoms with Gasteiger partial charge in [0.15, 0.2) is 13.5 Å². The van der Waals surface area contributed by atoms with Crippen molar-refractivity contribution in [2.75, 3.05) is 13.2 Å². The van der Waals surface area contributed by atoms with E-state index in [1.54, 1.807) is 0 Å². The Hall–Kier alpha value is 0.439. The van der Waals surface area contributed by atoms with Gasteiger partial charge < -0.3 is 14.6 Å². The molecule has 5 nitrogen and oxygen atoms in total. The van der Waals surface area contributed by atoms with Crippen LogP contribution in [0.25, 0.3) is 0 Å². The standard InChI is InChI=1S/C17H27Br3O5.Cu/c1-3-5-7-9-11-24-15(22)13(14(21)17(18,19)20)16(23)25-12-10-8-6-4-2;/h21H,3-12H2,1-2H3;. The molecule has 9 heteroatoms. The van der Waals surface area contributed by atoms with Gasteiger partial charge in [-0.3, -0.25) is 0 Å². The Bertz CT molecular complexity index is 422. The van der Waals surface area contributed by atoms with E-state index in [2.05, 4.69) is 61.6 Å². The fraction of sp³-hybridized carbons (Fsp3) is 0.765. The summed E-state index contributed by atoms with van der Waals surface area (Å²) in [5, 5.41) is 10.2. The molecule has 0 saturated heterocycles. The van der Waals surface area contributed by atoms with Crippen molar-refractivity contribution in [2.45, 2.75) is 67.4 Å². The molecule has 0 aliphatic heterocycles. The van der Waals surface area contributed by atoms with Crippen molar-refractivity contribution in [3.8, 4) is 0 Å². The number of ether oxygens (including phenoxy) is 2. The number of carbonyl (C=O) groups excluding carboxylic acids is 2. The molecule has 157 valence electrons. The topological polar surface area (TPSA) is 72.8 Å². The van der Waals surface area contributed by atoms with E-state index in [0.717, 1.165) is 38.5 Å². The van der Waals surface area contributed by atoms with Crippen molar-refractivity contribution in [1.82, 2.24) is 0 Å². The maximum absolute atomic E-state index is 12.2. The first-order valence-corrected chi connectivity index (χ1v) is 11.0. The number of hydrogen-bond acceptors (Lipinski definition) is 5. The summed E-state index contributed by atoms with van der Waals surface area (Å²) in [4.78, 5) is 24.5. The molecule has 1 radical (unpaired) electrons. The van der Waals surface area contributed by atoms with Crippen LogP contribution < -0.4 is 0 Å². The van der Waals surface area contributed by atoms with E-state index in [1.807, 2.05) is 0 Å². The second kappa shape index (κ2) is 16.4. The first kappa shape index (κ1) is 28.6. The van der Waals surface area contributed by atoms with E-state index in [0.29, 0.717) is 12.8 Å². The van der Waals surface area contributed by atoms with Crippen molar-refractivity contribution in [1.29, 1.82) is 0 Å². The van der Waals surface area contributed by atoms with Crippen LogP contribution in [0.5, 0.6) is 0 Å². The van der Waals surface area contributed by atoms with Crippen molar-refractivity contribution in [3.05, 3.63) is 11.3 Å². The number of carbonyl (C=O) groups is 2. The third-order valence-corrected chi connectivity index (χ3v) is 4.50. The number of esters is 2. The Kier molecular flexibility index (Phi) is 18.1. The van der Waals surface area contributed by atoms with Gasteiger partial charge in [0.25, 0.3) is 0 Å². The monoisotopic (exact) mass is 611 g/mol. The first-order chi connectivity index (χ1) is 11.8. The number of halogens is 3. The first-order valence-electron chi connectivity index (χ1n) is 8.60. The third kappa shape index (κ3) is 12.8. The second-order valence-corrected chi connectivity index (χ2v) is 12.4. The van der Waals surface area contributed by atoms with Gasteiger partial charge in [-0.1, -0.05) is 100 Å². The van der Waals surface area contributed by atoms with E-state index < -0.39 is 25.4 Å². The predicted molar refractivity (Wildman–Crippen MR) is 109 cm³/mol. The maximum atomic E-state index is 12.2. The number of hydrogen-bond donors (Lipinski definition) is 1. The van der Waals surface area contributed by atoms with Gasteiger partial charge in [0.1, 0.15) is 0 Å². The van der Waals surface area contributed by atoms with Crippen molar-refractivity contribution < 1.29 is 41.2 Å². The van der Waals surface area contributed by atoms with Crippen LogP contribution in [0.15, 0.2) is 11.3 Å². The summed E-state index contributed by atoms with van der Waals surface area (Å²) >= 11 is 9.29. The van der Waals surface area contributed by atoms with Gasteiger partial charge in [-0.2, -0.15) is 0 Å². The summed E-state index contributed by atoms with van der Waals surface area (Å²) in [6.07, 6.45) is 7.56. The van der Waals surface area contributed by atoms with Crippen LogP contribution >= 0.6 is 47.8 Å². The number of unbranched alkanes of at least 4 members (excludes halogenated alkanes) is 6. The predicted octanol–water partition coefficient (Wildman–Crippen LogP) is 5.88. The Morgan fingerprint density at radius 2 is 1.19 bits per heavy atom. The summed E-state index contributed by atoms with van der Waals surface area (Å²) in [5.74, 6) is -2.32. The van der Waals surface area contributed by atoms with E-state index in [9.17, 15) is 14.7 Å². The molecule has 0 aromatic rings. The van der Waals surface area contributed by atoms with Crippen LogP contribution in [-0.4, -0.2) is 32.4 Å². The average Bonchev–Trinajstić information content (AvgIpc) is 2.53. The second-order valence-electron chi connectivity index (χ2n) is 5.61. The molecular weight excluding hydrogens is 587 g/mol. The summed E-state index contributed by atoms with van der Waals surface area (Å²) in [6.45, 7) is 4.56. The van der Waals surface area contributed by atoms with Gasteiger partial charge in [0.05, 0.1) is 13.2 Å². The Morgan fingerprint density at radius 3 is 1.50 bits per heavy atom. The van der Waals surface area contributed by atoms with Crippen molar-refractivity contribution in [2.24, 2.45) is 0 Å². The molecule has 0 fully saturated rings. The normalized spacial score (nSPS) is 10.7. The molecule has 0 amide bonds. The van der Waals surface area contributed by atoms with E-state index >= 15 is 0 Å². The molecule has 0 aromatic heterocycles. The fourth-order valence-corrected chi connectivity index (χ4v) is 2.54. The van der Waals surface area contributed by atoms with Gasteiger partial charge in [0, 0.05) is 17.1 Å². The van der Waals surface area contributed by atoms with Crippen LogP contribution in [0.1, 0.15) is 65.2 Å². The summed E-state index contributed by atoms with van der Waals surface area (Å²) in [5.41, 5.74) is -0.517. The minimum atomic E-state index is -1.30. The Morgan fingerprint density at radius 1 is 0.808 bits per heavy atom. The summed E-state index contributed by atoms with van der Waals surface area (Å²) in [7, 11) is 0. The summed E-state index contributed by atoms with van der Waals surface area (Å²) in [6, 6.07) is 0. The zero-order valence-electron chi connectivity index (χ0n) is 15.1. The number of rotatable bonds is 12. The molecule has 0 saturated carbocycles. The smallest absolute Gasteiger partial charge is 0.349 e. The van der Waals surface area contributed by atoms with Crippen molar-refractivity contribution in [3.63, 3.8) is 0 Å². The number of alkyl halides is 3. The minimum absolute atomic E-state index is 0. The molecule has 0 spiro atoms. The molecule has 0 bridgehead atoms. The van der Waals surface area contributed by atoms with Crippen LogP contribution in [0, 0.1) is 0 Å². The number of allylic oxidation sites excluding steroid dienone is 1. The Labute approximate surface area is 191 Å². The molecular formula is C17H27Br3CuO5. The van der Waals surface area contributed by atoms with Gasteiger partial charge in [-0.05, 0) is 12.8 Å². The van der Waals surface area contributed by atoms with E-state index in [-0.39, 0.29) is 30.3 Å². The van der Waals surface area contributed by atoms with Crippen LogP contribution in [-0.2, 0) is 36.1 Å². The van der Waals surface area contributed by atoms with Crippen molar-refractivity contribution >= 4 is 59.7 Å². The largest absolute Gasteiger partial charge is 0.508 e. The maximum Gasteiger partial charge on any atom is 0.349 e. The average molecular weight is 615 g/mol. The number of aliphatic hydroxyl groups excluding tert-OH is 1. The SMILES string of the molecule is CCCCCCOC(=O)C(C(=O)OCCCCCC)=C(O)C(Br)(Br)Br.[Cu]. The van der Waals surface area contributed by atoms with Crippen LogP contribution in [0.4, 0.5) is 0 Å². The molecule has 0 rings (SSSR count). The third-order valence-electron chi connectivity index (χ3n) is 3.38. The zero-order valence-corrected chi connectivity index (χ0v) is 20.8. The zero-order chi connectivity index (χ0) is 19.3. The minimum Gasteiger partial charge on any atom is -0.508 e. The molecule has 0 aromatic carbocycles. The van der Waals surface area contributed by atoms with Gasteiger partial charge in [-0.25, -0.2) is 9.59 Å². The Balaban J connectivity index is 0. The molecule has 26 heavy (non-hydrogen) atoms. The molecule has 1 N–H and O–H groups in total. The van der Waals surface area contributed by atoms with Gasteiger partial charge in [-0.15, -0.1) is 0 Å². The van der Waals surface area contributed by atoms with Gasteiger partial charge >= 0.3 is 11.9 Å². The molecule has 0 unspecified atom stereocenters. The van der Waals surface area contributed by atoms with Crippen LogP contribution in [0.2, 0.25) is 0 Å². The molecule has 0 aliphatic rings. The molecule has 0 heterocycles.